The zero-order valence-electron chi connectivity index (χ0n) is 12.2. The van der Waals surface area contributed by atoms with Crippen molar-refractivity contribution in [1.29, 1.82) is 0 Å². The molecule has 1 aromatic heterocycles. The van der Waals surface area contributed by atoms with E-state index >= 15 is 0 Å². The van der Waals surface area contributed by atoms with E-state index in [0.29, 0.717) is 6.54 Å². The van der Waals surface area contributed by atoms with Gasteiger partial charge in [-0.05, 0) is 29.8 Å². The zero-order valence-corrected chi connectivity index (χ0v) is 13.8. The van der Waals surface area contributed by atoms with Crippen LogP contribution in [0.3, 0.4) is 0 Å². The van der Waals surface area contributed by atoms with Crippen molar-refractivity contribution < 1.29 is 4.79 Å². The number of nitrogens with zero attached hydrogens (tertiary/aromatic N) is 4. The molecule has 0 unspecified atom stereocenters. The molecule has 1 heterocycles. The largest absolute Gasteiger partial charge is 0.273 e. The first kappa shape index (κ1) is 15.4. The van der Waals surface area contributed by atoms with Crippen molar-refractivity contribution in [2.75, 3.05) is 0 Å². The van der Waals surface area contributed by atoms with Gasteiger partial charge in [0.05, 0.1) is 18.3 Å². The fraction of sp³-hybridized carbons (Fsp3) is 0.125. The van der Waals surface area contributed by atoms with Gasteiger partial charge in [0.15, 0.2) is 0 Å². The van der Waals surface area contributed by atoms with Gasteiger partial charge in [0, 0.05) is 10.9 Å². The maximum absolute atomic E-state index is 11.8. The number of carbonyl (C=O) groups excluding carboxylic acids is 1. The molecular weight excluding hydrogens is 358 g/mol. The summed E-state index contributed by atoms with van der Waals surface area (Å²) in [5.41, 5.74) is 5.15. The lowest BCUT2D eigenvalue weighted by Crippen LogP contribution is -2.19. The third-order valence-corrected chi connectivity index (χ3v) is 3.72. The molecular formula is C16H14BrN5O. The Labute approximate surface area is 141 Å². The molecule has 2 aromatic carbocycles. The summed E-state index contributed by atoms with van der Waals surface area (Å²) in [6.07, 6.45) is 1.89. The van der Waals surface area contributed by atoms with Crippen molar-refractivity contribution in [3.05, 3.63) is 58.6 Å². The van der Waals surface area contributed by atoms with Crippen LogP contribution in [0.5, 0.6) is 0 Å². The highest BCUT2D eigenvalue weighted by atomic mass is 79.9. The molecule has 0 spiro atoms. The van der Waals surface area contributed by atoms with Crippen molar-refractivity contribution in [2.45, 2.75) is 13.0 Å². The second-order valence-electron chi connectivity index (χ2n) is 4.90. The van der Waals surface area contributed by atoms with Crippen LogP contribution in [0.25, 0.3) is 11.0 Å². The van der Waals surface area contributed by atoms with Crippen molar-refractivity contribution >= 4 is 39.1 Å². The Bertz CT molecular complexity index is 858. The SMILES string of the molecule is O=C(CCn1nnc2ccccc21)N/N=C/c1cccc(Br)c1. The number of carbonyl (C=O) groups is 1. The van der Waals surface area contributed by atoms with Crippen LogP contribution in [0.15, 0.2) is 58.1 Å². The first-order chi connectivity index (χ1) is 11.2. The van der Waals surface area contributed by atoms with Crippen molar-refractivity contribution in [3.8, 4) is 0 Å². The van der Waals surface area contributed by atoms with Crippen LogP contribution in [0.1, 0.15) is 12.0 Å². The van der Waals surface area contributed by atoms with E-state index in [1.54, 1.807) is 10.9 Å². The lowest BCUT2D eigenvalue weighted by Gasteiger charge is -2.01. The number of hydrazone groups is 1. The topological polar surface area (TPSA) is 72.2 Å². The quantitative estimate of drug-likeness (QED) is 0.553. The molecule has 3 rings (SSSR count). The number of nitrogens with one attached hydrogen (secondary N) is 1. The third kappa shape index (κ3) is 4.01. The monoisotopic (exact) mass is 371 g/mol. The number of hydrogen-bond donors (Lipinski definition) is 1. The molecule has 6 nitrogen and oxygen atoms in total. The lowest BCUT2D eigenvalue weighted by atomic mass is 10.2. The Morgan fingerprint density at radius 1 is 1.26 bits per heavy atom. The molecule has 0 bridgehead atoms. The molecule has 7 heteroatoms. The first-order valence-corrected chi connectivity index (χ1v) is 7.87. The molecule has 23 heavy (non-hydrogen) atoms. The van der Waals surface area contributed by atoms with E-state index in [-0.39, 0.29) is 12.3 Å². The molecule has 0 aliphatic heterocycles. The summed E-state index contributed by atoms with van der Waals surface area (Å²) >= 11 is 3.38. The molecule has 0 aliphatic carbocycles. The highest BCUT2D eigenvalue weighted by molar-refractivity contribution is 9.10. The average molecular weight is 372 g/mol. The van der Waals surface area contributed by atoms with Crippen molar-refractivity contribution in [3.63, 3.8) is 0 Å². The van der Waals surface area contributed by atoms with Crippen LogP contribution in [0, 0.1) is 0 Å². The van der Waals surface area contributed by atoms with Crippen molar-refractivity contribution in [1.82, 2.24) is 20.4 Å². The summed E-state index contributed by atoms with van der Waals surface area (Å²) in [6.45, 7) is 0.457. The average Bonchev–Trinajstić information content (AvgIpc) is 2.96. The van der Waals surface area contributed by atoms with Gasteiger partial charge < -0.3 is 0 Å². The molecule has 0 atom stereocenters. The Balaban J connectivity index is 1.54. The number of benzene rings is 2. The normalized spacial score (nSPS) is 11.2. The Hall–Kier alpha value is -2.54. The molecule has 1 amide bonds. The third-order valence-electron chi connectivity index (χ3n) is 3.22. The molecule has 0 saturated carbocycles. The van der Waals surface area contributed by atoms with Crippen LogP contribution in [-0.4, -0.2) is 27.1 Å². The van der Waals surface area contributed by atoms with Gasteiger partial charge in [-0.1, -0.05) is 45.4 Å². The highest BCUT2D eigenvalue weighted by Gasteiger charge is 2.05. The number of aryl methyl sites for hydroxylation is 1. The lowest BCUT2D eigenvalue weighted by molar-refractivity contribution is -0.121. The van der Waals surface area contributed by atoms with E-state index in [4.69, 9.17) is 0 Å². The van der Waals surface area contributed by atoms with Gasteiger partial charge in [-0.25, -0.2) is 10.1 Å². The molecule has 116 valence electrons. The number of hydrogen-bond acceptors (Lipinski definition) is 4. The first-order valence-electron chi connectivity index (χ1n) is 7.08. The smallest absolute Gasteiger partial charge is 0.241 e. The summed E-state index contributed by atoms with van der Waals surface area (Å²) < 4.78 is 2.68. The number of halogens is 1. The van der Waals surface area contributed by atoms with E-state index in [1.807, 2.05) is 48.5 Å². The summed E-state index contributed by atoms with van der Waals surface area (Å²) in [6, 6.07) is 15.3. The van der Waals surface area contributed by atoms with Crippen LogP contribution in [0.4, 0.5) is 0 Å². The Kier molecular flexibility index (Phi) is 4.77. The Morgan fingerprint density at radius 2 is 2.13 bits per heavy atom. The number of amides is 1. The molecule has 0 saturated heterocycles. The van der Waals surface area contributed by atoms with E-state index < -0.39 is 0 Å². The number of rotatable bonds is 5. The van der Waals surface area contributed by atoms with Gasteiger partial charge in [-0.3, -0.25) is 4.79 Å². The van der Waals surface area contributed by atoms with Gasteiger partial charge >= 0.3 is 0 Å². The maximum atomic E-state index is 11.8. The van der Waals surface area contributed by atoms with Gasteiger partial charge in [0.2, 0.25) is 5.91 Å². The summed E-state index contributed by atoms with van der Waals surface area (Å²) in [4.78, 5) is 11.8. The molecule has 3 aromatic rings. The molecule has 1 N–H and O–H groups in total. The van der Waals surface area contributed by atoms with Crippen LogP contribution in [0.2, 0.25) is 0 Å². The van der Waals surface area contributed by atoms with Crippen LogP contribution >= 0.6 is 15.9 Å². The van der Waals surface area contributed by atoms with Crippen LogP contribution in [-0.2, 0) is 11.3 Å². The van der Waals surface area contributed by atoms with E-state index in [1.165, 1.54) is 0 Å². The number of fused-ring (bicyclic) bond motifs is 1. The Morgan fingerprint density at radius 3 is 3.00 bits per heavy atom. The van der Waals surface area contributed by atoms with Gasteiger partial charge in [0.25, 0.3) is 0 Å². The molecule has 0 aliphatic rings. The highest BCUT2D eigenvalue weighted by Crippen LogP contribution is 2.10. The fourth-order valence-electron chi connectivity index (χ4n) is 2.11. The second kappa shape index (κ2) is 7.15. The molecule has 0 fully saturated rings. The minimum Gasteiger partial charge on any atom is -0.273 e. The van der Waals surface area contributed by atoms with E-state index in [0.717, 1.165) is 21.1 Å². The minimum absolute atomic E-state index is 0.171. The fourth-order valence-corrected chi connectivity index (χ4v) is 2.53. The standard InChI is InChI=1S/C16H14BrN5O/c17-13-5-3-4-12(10-13)11-18-20-16(23)8-9-22-15-7-2-1-6-14(15)19-21-22/h1-7,10-11H,8-9H2,(H,20,23)/b18-11+. The summed E-state index contributed by atoms with van der Waals surface area (Å²) in [7, 11) is 0. The summed E-state index contributed by atoms with van der Waals surface area (Å²) in [5, 5.41) is 12.1. The predicted molar refractivity (Wildman–Crippen MR) is 92.0 cm³/mol. The zero-order chi connectivity index (χ0) is 16.1. The number of aromatic nitrogens is 3. The van der Waals surface area contributed by atoms with Crippen LogP contribution < -0.4 is 5.43 Å². The predicted octanol–water partition coefficient (Wildman–Crippen LogP) is 2.73. The second-order valence-corrected chi connectivity index (χ2v) is 5.82. The van der Waals surface area contributed by atoms with E-state index in [9.17, 15) is 4.79 Å². The maximum Gasteiger partial charge on any atom is 0.241 e. The van der Waals surface area contributed by atoms with Gasteiger partial charge in [-0.2, -0.15) is 5.10 Å². The van der Waals surface area contributed by atoms with Crippen molar-refractivity contribution in [2.24, 2.45) is 5.10 Å². The number of para-hydroxylation sites is 1. The molecule has 0 radical (unpaired) electrons. The summed E-state index contributed by atoms with van der Waals surface area (Å²) in [5.74, 6) is -0.171. The minimum atomic E-state index is -0.171. The van der Waals surface area contributed by atoms with Gasteiger partial charge in [-0.15, -0.1) is 5.10 Å². The van der Waals surface area contributed by atoms with Gasteiger partial charge in [0.1, 0.15) is 5.52 Å². The van der Waals surface area contributed by atoms with E-state index in [2.05, 4.69) is 36.8 Å².